The largest absolute Gasteiger partial charge is 0.478 e. The van der Waals surface area contributed by atoms with Gasteiger partial charge in [-0.1, -0.05) is 6.07 Å². The third-order valence-corrected chi connectivity index (χ3v) is 6.02. The van der Waals surface area contributed by atoms with Gasteiger partial charge in [-0.15, -0.1) is 0 Å². The van der Waals surface area contributed by atoms with Crippen molar-refractivity contribution in [1.82, 2.24) is 19.6 Å². The number of carbonyl (C=O) groups excluding carboxylic acids is 2. The van der Waals surface area contributed by atoms with Crippen LogP contribution in [0.25, 0.3) is 0 Å². The Kier molecular flexibility index (Phi) is 4.86. The second-order valence-electron chi connectivity index (χ2n) is 7.84. The summed E-state index contributed by atoms with van der Waals surface area (Å²) in [5.41, 5.74) is 3.04. The van der Waals surface area contributed by atoms with E-state index in [9.17, 15) is 19.5 Å². The second-order valence-corrected chi connectivity index (χ2v) is 7.84. The van der Waals surface area contributed by atoms with E-state index < -0.39 is 5.97 Å². The van der Waals surface area contributed by atoms with Crippen LogP contribution in [-0.4, -0.2) is 56.1 Å². The van der Waals surface area contributed by atoms with Crippen molar-refractivity contribution in [3.63, 3.8) is 0 Å². The first-order valence-corrected chi connectivity index (χ1v) is 9.73. The van der Waals surface area contributed by atoms with Gasteiger partial charge in [0.2, 0.25) is 11.8 Å². The molecule has 2 atom stereocenters. The van der Waals surface area contributed by atoms with Crippen LogP contribution in [0.2, 0.25) is 0 Å². The topological polar surface area (TPSA) is 95.7 Å². The van der Waals surface area contributed by atoms with Crippen LogP contribution in [0.1, 0.15) is 45.9 Å². The van der Waals surface area contributed by atoms with Gasteiger partial charge in [0.25, 0.3) is 0 Å². The Hall–Kier alpha value is -3.16. The molecule has 0 aliphatic carbocycles. The van der Waals surface area contributed by atoms with Gasteiger partial charge in [-0.3, -0.25) is 14.3 Å². The number of aromatic carboxylic acids is 1. The Labute approximate surface area is 168 Å². The summed E-state index contributed by atoms with van der Waals surface area (Å²) in [6.07, 6.45) is 5.10. The maximum atomic E-state index is 13.5. The molecule has 1 fully saturated rings. The highest BCUT2D eigenvalue weighted by Gasteiger charge is 2.41. The monoisotopic (exact) mass is 396 g/mol. The van der Waals surface area contributed by atoms with Crippen LogP contribution in [0.3, 0.4) is 0 Å². The molecule has 2 amide bonds. The zero-order valence-corrected chi connectivity index (χ0v) is 16.5. The molecule has 3 heterocycles. The standard InChI is InChI=1S/C21H24N4O4/c1-23-11-16(10-22-23)19-17(5-6-18(26)24(19)2)20(27)25-8-7-13-3-4-14(21(28)29)9-15(13)12-25/h3-4,9-11,17,19H,5-8,12H2,1-2H3,(H,28,29). The zero-order chi connectivity index (χ0) is 20.7. The average molecular weight is 396 g/mol. The van der Waals surface area contributed by atoms with Crippen molar-refractivity contribution in [3.05, 3.63) is 52.8 Å². The molecule has 1 N–H and O–H groups in total. The number of aryl methyl sites for hydroxylation is 1. The highest BCUT2D eigenvalue weighted by atomic mass is 16.4. The van der Waals surface area contributed by atoms with E-state index in [0.717, 1.165) is 16.7 Å². The van der Waals surface area contributed by atoms with Gasteiger partial charge in [0.15, 0.2) is 0 Å². The lowest BCUT2D eigenvalue weighted by molar-refractivity contribution is -0.147. The molecule has 2 aromatic rings. The number of fused-ring (bicyclic) bond motifs is 1. The summed E-state index contributed by atoms with van der Waals surface area (Å²) in [6, 6.07) is 4.76. The zero-order valence-electron chi connectivity index (χ0n) is 16.5. The van der Waals surface area contributed by atoms with E-state index in [1.165, 1.54) is 0 Å². The molecule has 2 unspecified atom stereocenters. The van der Waals surface area contributed by atoms with Crippen LogP contribution in [0.4, 0.5) is 0 Å². The number of hydrogen-bond acceptors (Lipinski definition) is 4. The summed E-state index contributed by atoms with van der Waals surface area (Å²) in [5.74, 6) is -1.28. The Morgan fingerprint density at radius 3 is 2.66 bits per heavy atom. The summed E-state index contributed by atoms with van der Waals surface area (Å²) in [4.78, 5) is 40.5. The first-order valence-electron chi connectivity index (χ1n) is 9.73. The molecule has 152 valence electrons. The Balaban J connectivity index is 1.60. The van der Waals surface area contributed by atoms with Crippen molar-refractivity contribution in [2.75, 3.05) is 13.6 Å². The maximum Gasteiger partial charge on any atom is 0.335 e. The highest BCUT2D eigenvalue weighted by Crippen LogP contribution is 2.37. The second kappa shape index (κ2) is 7.35. The van der Waals surface area contributed by atoms with E-state index in [0.29, 0.717) is 32.4 Å². The molecular weight excluding hydrogens is 372 g/mol. The third kappa shape index (κ3) is 3.50. The molecular formula is C21H24N4O4. The molecule has 8 heteroatoms. The van der Waals surface area contributed by atoms with Crippen LogP contribution in [0.15, 0.2) is 30.6 Å². The van der Waals surface area contributed by atoms with Crippen molar-refractivity contribution in [2.24, 2.45) is 13.0 Å². The summed E-state index contributed by atoms with van der Waals surface area (Å²) >= 11 is 0. The lowest BCUT2D eigenvalue weighted by Crippen LogP contribution is -2.48. The molecule has 2 aliphatic heterocycles. The molecule has 0 radical (unpaired) electrons. The van der Waals surface area contributed by atoms with Crippen molar-refractivity contribution < 1.29 is 19.5 Å². The number of aromatic nitrogens is 2. The Bertz CT molecular complexity index is 983. The number of piperidine rings is 1. The number of rotatable bonds is 3. The fraction of sp³-hybridized carbons (Fsp3) is 0.429. The Morgan fingerprint density at radius 1 is 1.17 bits per heavy atom. The van der Waals surface area contributed by atoms with E-state index >= 15 is 0 Å². The van der Waals surface area contributed by atoms with Gasteiger partial charge < -0.3 is 14.9 Å². The van der Waals surface area contributed by atoms with E-state index in [1.807, 2.05) is 19.3 Å². The molecule has 2 aliphatic rings. The minimum Gasteiger partial charge on any atom is -0.478 e. The molecule has 0 bridgehead atoms. The number of carboxylic acids is 1. The van der Waals surface area contributed by atoms with Crippen LogP contribution in [0.5, 0.6) is 0 Å². The summed E-state index contributed by atoms with van der Waals surface area (Å²) in [5, 5.41) is 13.5. The van der Waals surface area contributed by atoms with Crippen LogP contribution in [-0.2, 0) is 29.6 Å². The van der Waals surface area contributed by atoms with Gasteiger partial charge in [-0.2, -0.15) is 5.10 Å². The fourth-order valence-electron chi connectivity index (χ4n) is 4.46. The van der Waals surface area contributed by atoms with E-state index in [-0.39, 0.29) is 29.3 Å². The highest BCUT2D eigenvalue weighted by molar-refractivity contribution is 5.88. The molecule has 1 saturated heterocycles. The van der Waals surface area contributed by atoms with Gasteiger partial charge in [0, 0.05) is 45.4 Å². The van der Waals surface area contributed by atoms with Gasteiger partial charge in [0.05, 0.1) is 23.7 Å². The normalized spacial score (nSPS) is 21.8. The molecule has 4 rings (SSSR count). The maximum absolute atomic E-state index is 13.5. The van der Waals surface area contributed by atoms with Crippen molar-refractivity contribution >= 4 is 17.8 Å². The number of carboxylic acid groups (broad SMARTS) is 1. The lowest BCUT2D eigenvalue weighted by Gasteiger charge is -2.41. The number of hydrogen-bond donors (Lipinski definition) is 1. The fourth-order valence-corrected chi connectivity index (χ4v) is 4.46. The smallest absolute Gasteiger partial charge is 0.335 e. The molecule has 8 nitrogen and oxygen atoms in total. The number of carbonyl (C=O) groups is 3. The van der Waals surface area contributed by atoms with Crippen LogP contribution >= 0.6 is 0 Å². The van der Waals surface area contributed by atoms with Crippen LogP contribution < -0.4 is 0 Å². The van der Waals surface area contributed by atoms with Gasteiger partial charge in [0.1, 0.15) is 0 Å². The van der Waals surface area contributed by atoms with Gasteiger partial charge in [-0.05, 0) is 36.1 Å². The number of likely N-dealkylation sites (tertiary alicyclic amines) is 1. The molecule has 1 aromatic carbocycles. The molecule has 1 aromatic heterocycles. The van der Waals surface area contributed by atoms with Crippen molar-refractivity contribution in [1.29, 1.82) is 0 Å². The number of benzene rings is 1. The molecule has 0 saturated carbocycles. The number of amides is 2. The average Bonchev–Trinajstić information content (AvgIpc) is 3.14. The predicted molar refractivity (Wildman–Crippen MR) is 104 cm³/mol. The molecule has 0 spiro atoms. The van der Waals surface area contributed by atoms with Crippen LogP contribution in [0, 0.1) is 5.92 Å². The van der Waals surface area contributed by atoms with E-state index in [2.05, 4.69) is 5.10 Å². The first-order chi connectivity index (χ1) is 13.8. The predicted octanol–water partition coefficient (Wildman–Crippen LogP) is 1.61. The third-order valence-electron chi connectivity index (χ3n) is 6.02. The molecule has 29 heavy (non-hydrogen) atoms. The van der Waals surface area contributed by atoms with Crippen molar-refractivity contribution in [3.8, 4) is 0 Å². The number of nitrogens with zero attached hydrogens (tertiary/aromatic N) is 4. The summed E-state index contributed by atoms with van der Waals surface area (Å²) < 4.78 is 1.67. The van der Waals surface area contributed by atoms with Crippen molar-refractivity contribution in [2.45, 2.75) is 31.8 Å². The minimum absolute atomic E-state index is 0.00424. The lowest BCUT2D eigenvalue weighted by atomic mass is 9.84. The van der Waals surface area contributed by atoms with Gasteiger partial charge >= 0.3 is 5.97 Å². The first kappa shape index (κ1) is 19.2. The van der Waals surface area contributed by atoms with Gasteiger partial charge in [-0.25, -0.2) is 4.79 Å². The van der Waals surface area contributed by atoms with E-state index in [1.54, 1.807) is 39.9 Å². The summed E-state index contributed by atoms with van der Waals surface area (Å²) in [7, 11) is 3.55. The minimum atomic E-state index is -0.972. The van der Waals surface area contributed by atoms with E-state index in [4.69, 9.17) is 0 Å². The summed E-state index contributed by atoms with van der Waals surface area (Å²) in [6.45, 7) is 0.982. The Morgan fingerprint density at radius 2 is 1.97 bits per heavy atom. The quantitative estimate of drug-likeness (QED) is 0.850. The SMILES string of the molecule is CN1C(=O)CCC(C(=O)N2CCc3ccc(C(=O)O)cc3C2)C1c1cnn(C)c1.